The normalized spacial score (nSPS) is 26.1. The van der Waals surface area contributed by atoms with E-state index in [1.165, 1.54) is 0 Å². The Bertz CT molecular complexity index is 309. The van der Waals surface area contributed by atoms with E-state index in [9.17, 15) is 9.59 Å². The van der Waals surface area contributed by atoms with Crippen LogP contribution < -0.4 is 0 Å². The molecular weight excluding hydrogens is 202 g/mol. The molecule has 3 heteroatoms. The SMILES string of the molecule is CC(C)C(C)C(=O)N(C)C1(C(C)C)CC1=O. The van der Waals surface area contributed by atoms with Crippen LogP contribution in [0, 0.1) is 17.8 Å². The van der Waals surface area contributed by atoms with Crippen molar-refractivity contribution in [2.24, 2.45) is 17.8 Å². The minimum Gasteiger partial charge on any atom is -0.332 e. The average molecular weight is 225 g/mol. The van der Waals surface area contributed by atoms with Gasteiger partial charge in [0.25, 0.3) is 0 Å². The maximum atomic E-state index is 12.2. The van der Waals surface area contributed by atoms with Gasteiger partial charge in [0.05, 0.1) is 0 Å². The van der Waals surface area contributed by atoms with Crippen LogP contribution in [-0.2, 0) is 9.59 Å². The Balaban J connectivity index is 2.82. The standard InChI is InChI=1S/C13H23NO2/c1-8(2)10(5)12(16)14(6)13(9(3)4)7-11(13)15/h8-10H,7H2,1-6H3. The van der Waals surface area contributed by atoms with Crippen LogP contribution in [0.2, 0.25) is 0 Å². The summed E-state index contributed by atoms with van der Waals surface area (Å²) in [6, 6.07) is 0. The van der Waals surface area contributed by atoms with E-state index < -0.39 is 5.54 Å². The van der Waals surface area contributed by atoms with Crippen molar-refractivity contribution < 1.29 is 9.59 Å². The minimum atomic E-state index is -0.500. The number of carbonyl (C=O) groups excluding carboxylic acids is 2. The molecule has 16 heavy (non-hydrogen) atoms. The molecule has 3 nitrogen and oxygen atoms in total. The Kier molecular flexibility index (Phi) is 3.46. The van der Waals surface area contributed by atoms with Crippen molar-refractivity contribution in [3.05, 3.63) is 0 Å². The summed E-state index contributed by atoms with van der Waals surface area (Å²) in [5, 5.41) is 0. The van der Waals surface area contributed by atoms with Crippen molar-refractivity contribution in [1.82, 2.24) is 4.90 Å². The molecule has 1 amide bonds. The van der Waals surface area contributed by atoms with E-state index in [2.05, 4.69) is 0 Å². The fraction of sp³-hybridized carbons (Fsp3) is 0.846. The molecule has 0 aromatic carbocycles. The monoisotopic (exact) mass is 225 g/mol. The maximum absolute atomic E-state index is 12.2. The molecule has 1 saturated carbocycles. The molecule has 0 aromatic rings. The van der Waals surface area contributed by atoms with Gasteiger partial charge in [-0.05, 0) is 11.8 Å². The number of Topliss-reactive ketones (excluding diaryl/α,β-unsaturated/α-hetero) is 1. The van der Waals surface area contributed by atoms with Crippen molar-refractivity contribution >= 4 is 11.7 Å². The summed E-state index contributed by atoms with van der Waals surface area (Å²) in [5.74, 6) is 0.791. The highest BCUT2D eigenvalue weighted by molar-refractivity contribution is 6.08. The van der Waals surface area contributed by atoms with Crippen LogP contribution in [0.5, 0.6) is 0 Å². The number of ketones is 1. The first-order valence-electron chi connectivity index (χ1n) is 6.06. The third-order valence-electron chi connectivity index (χ3n) is 4.06. The molecule has 2 atom stereocenters. The van der Waals surface area contributed by atoms with Crippen LogP contribution in [0.25, 0.3) is 0 Å². The molecule has 0 aliphatic heterocycles. The van der Waals surface area contributed by atoms with Gasteiger partial charge >= 0.3 is 0 Å². The third kappa shape index (κ3) is 1.87. The van der Waals surface area contributed by atoms with Crippen LogP contribution in [0.3, 0.4) is 0 Å². The Morgan fingerprint density at radius 1 is 1.25 bits per heavy atom. The minimum absolute atomic E-state index is 0.0194. The lowest BCUT2D eigenvalue weighted by Crippen LogP contribution is -2.47. The fourth-order valence-electron chi connectivity index (χ4n) is 2.21. The zero-order valence-corrected chi connectivity index (χ0v) is 11.2. The Hall–Kier alpha value is -0.860. The fourth-order valence-corrected chi connectivity index (χ4v) is 2.21. The summed E-state index contributed by atoms with van der Waals surface area (Å²) in [6.07, 6.45) is 0.526. The lowest BCUT2D eigenvalue weighted by molar-refractivity contribution is -0.141. The van der Waals surface area contributed by atoms with Gasteiger partial charge in [-0.1, -0.05) is 34.6 Å². The van der Waals surface area contributed by atoms with E-state index >= 15 is 0 Å². The van der Waals surface area contributed by atoms with Gasteiger partial charge in [-0.2, -0.15) is 0 Å². The second-order valence-corrected chi connectivity index (χ2v) is 5.61. The lowest BCUT2D eigenvalue weighted by Gasteiger charge is -2.32. The number of rotatable bonds is 4. The van der Waals surface area contributed by atoms with Gasteiger partial charge in [0.15, 0.2) is 5.78 Å². The van der Waals surface area contributed by atoms with E-state index in [0.717, 1.165) is 0 Å². The zero-order chi connectivity index (χ0) is 12.7. The molecule has 0 spiro atoms. The smallest absolute Gasteiger partial charge is 0.226 e. The number of hydrogen-bond donors (Lipinski definition) is 0. The number of likely N-dealkylation sites (N-methyl/N-ethyl adjacent to an activating group) is 1. The molecule has 0 radical (unpaired) electrons. The largest absolute Gasteiger partial charge is 0.332 e. The van der Waals surface area contributed by atoms with E-state index in [-0.39, 0.29) is 23.5 Å². The topological polar surface area (TPSA) is 37.4 Å². The maximum Gasteiger partial charge on any atom is 0.226 e. The quantitative estimate of drug-likeness (QED) is 0.735. The first kappa shape index (κ1) is 13.2. The molecule has 0 saturated heterocycles. The molecule has 1 aliphatic carbocycles. The number of amides is 1. The van der Waals surface area contributed by atoms with Gasteiger partial charge in [-0.3, -0.25) is 9.59 Å². The highest BCUT2D eigenvalue weighted by Crippen LogP contribution is 2.43. The molecule has 1 aliphatic rings. The summed E-state index contributed by atoms with van der Waals surface area (Å²) in [7, 11) is 1.77. The molecular formula is C13H23NO2. The van der Waals surface area contributed by atoms with Crippen LogP contribution in [0.4, 0.5) is 0 Å². The predicted octanol–water partition coefficient (Wildman–Crippen LogP) is 2.10. The summed E-state index contributed by atoms with van der Waals surface area (Å²) in [6.45, 7) is 10.0. The second-order valence-electron chi connectivity index (χ2n) is 5.61. The van der Waals surface area contributed by atoms with Gasteiger partial charge in [0.1, 0.15) is 5.54 Å². The zero-order valence-electron chi connectivity index (χ0n) is 11.2. The molecule has 0 heterocycles. The lowest BCUT2D eigenvalue weighted by atomic mass is 9.93. The number of nitrogens with zero attached hydrogens (tertiary/aromatic N) is 1. The summed E-state index contributed by atoms with van der Waals surface area (Å²) >= 11 is 0. The van der Waals surface area contributed by atoms with Crippen molar-refractivity contribution in [2.75, 3.05) is 7.05 Å². The number of hydrogen-bond acceptors (Lipinski definition) is 2. The van der Waals surface area contributed by atoms with Crippen LogP contribution in [0.15, 0.2) is 0 Å². The molecule has 0 N–H and O–H groups in total. The molecule has 2 unspecified atom stereocenters. The molecule has 0 bridgehead atoms. The summed E-state index contributed by atoms with van der Waals surface area (Å²) < 4.78 is 0. The van der Waals surface area contributed by atoms with Gasteiger partial charge in [-0.15, -0.1) is 0 Å². The molecule has 1 fully saturated rings. The van der Waals surface area contributed by atoms with Gasteiger partial charge in [0, 0.05) is 19.4 Å². The highest BCUT2D eigenvalue weighted by Gasteiger charge is 2.60. The van der Waals surface area contributed by atoms with Crippen molar-refractivity contribution in [3.63, 3.8) is 0 Å². The van der Waals surface area contributed by atoms with E-state index in [4.69, 9.17) is 0 Å². The van der Waals surface area contributed by atoms with Crippen molar-refractivity contribution in [2.45, 2.75) is 46.6 Å². The molecule has 0 aromatic heterocycles. The van der Waals surface area contributed by atoms with E-state index in [0.29, 0.717) is 12.3 Å². The van der Waals surface area contributed by atoms with Crippen molar-refractivity contribution in [1.29, 1.82) is 0 Å². The van der Waals surface area contributed by atoms with Gasteiger partial charge < -0.3 is 4.90 Å². The first-order chi connectivity index (χ1) is 7.25. The first-order valence-corrected chi connectivity index (χ1v) is 6.06. The highest BCUT2D eigenvalue weighted by atomic mass is 16.2. The second kappa shape index (κ2) is 4.19. The van der Waals surface area contributed by atoms with Gasteiger partial charge in [-0.25, -0.2) is 0 Å². The summed E-state index contributed by atoms with van der Waals surface area (Å²) in [5.41, 5.74) is -0.500. The van der Waals surface area contributed by atoms with E-state index in [1.54, 1.807) is 11.9 Å². The van der Waals surface area contributed by atoms with Crippen molar-refractivity contribution in [3.8, 4) is 0 Å². The van der Waals surface area contributed by atoms with Crippen LogP contribution in [-0.4, -0.2) is 29.2 Å². The van der Waals surface area contributed by atoms with Gasteiger partial charge in [0.2, 0.25) is 5.91 Å². The number of carbonyl (C=O) groups is 2. The van der Waals surface area contributed by atoms with E-state index in [1.807, 2.05) is 34.6 Å². The Labute approximate surface area is 98.2 Å². The van der Waals surface area contributed by atoms with Crippen LogP contribution in [0.1, 0.15) is 41.0 Å². The molecule has 1 rings (SSSR count). The van der Waals surface area contributed by atoms with Crippen LogP contribution >= 0.6 is 0 Å². The average Bonchev–Trinajstić information content (AvgIpc) is 2.88. The predicted molar refractivity (Wildman–Crippen MR) is 64.0 cm³/mol. The molecule has 92 valence electrons. The third-order valence-corrected chi connectivity index (χ3v) is 4.06. The Morgan fingerprint density at radius 3 is 1.94 bits per heavy atom. The summed E-state index contributed by atoms with van der Waals surface area (Å²) in [4.78, 5) is 25.5. The Morgan fingerprint density at radius 2 is 1.69 bits per heavy atom.